The van der Waals surface area contributed by atoms with Crippen LogP contribution >= 0.6 is 11.6 Å². The van der Waals surface area contributed by atoms with E-state index in [1.54, 1.807) is 36.6 Å². The van der Waals surface area contributed by atoms with Crippen molar-refractivity contribution in [2.24, 2.45) is 0 Å². The molecule has 1 aliphatic heterocycles. The Balaban J connectivity index is 1.51. The Labute approximate surface area is 157 Å². The number of benzene rings is 1. The average molecular weight is 398 g/mol. The van der Waals surface area contributed by atoms with Crippen LogP contribution in [-0.4, -0.2) is 56.3 Å². The summed E-state index contributed by atoms with van der Waals surface area (Å²) in [7, 11) is -3.62. The lowest BCUT2D eigenvalue weighted by molar-refractivity contribution is -0.122. The summed E-state index contributed by atoms with van der Waals surface area (Å²) in [5.74, 6) is 0.567. The number of piperazine rings is 1. The van der Waals surface area contributed by atoms with Crippen molar-refractivity contribution in [2.45, 2.75) is 11.4 Å². The molecular formula is C17H20ClN3O4S. The second-order valence-electron chi connectivity index (χ2n) is 5.97. The lowest BCUT2D eigenvalue weighted by atomic mass is 10.3. The number of furan rings is 1. The number of hydrogen-bond donors (Lipinski definition) is 1. The van der Waals surface area contributed by atoms with Crippen LogP contribution in [0, 0.1) is 0 Å². The first-order valence-corrected chi connectivity index (χ1v) is 10.0. The number of halogens is 1. The molecule has 2 heterocycles. The molecule has 1 aliphatic rings. The number of rotatable bonds is 6. The van der Waals surface area contributed by atoms with E-state index in [2.05, 4.69) is 5.32 Å². The molecule has 1 aromatic carbocycles. The zero-order valence-corrected chi connectivity index (χ0v) is 15.7. The lowest BCUT2D eigenvalue weighted by Gasteiger charge is -2.33. The number of carbonyl (C=O) groups is 1. The largest absolute Gasteiger partial charge is 0.467 e. The Morgan fingerprint density at radius 2 is 1.85 bits per heavy atom. The third-order valence-corrected chi connectivity index (χ3v) is 6.59. The molecule has 140 valence electrons. The summed E-state index contributed by atoms with van der Waals surface area (Å²) >= 11 is 6.03. The molecule has 0 spiro atoms. The van der Waals surface area contributed by atoms with Crippen LogP contribution in [-0.2, 0) is 21.4 Å². The monoisotopic (exact) mass is 397 g/mol. The van der Waals surface area contributed by atoms with Crippen LogP contribution in [0.25, 0.3) is 0 Å². The van der Waals surface area contributed by atoms with Crippen LogP contribution in [0.15, 0.2) is 52.0 Å². The fraction of sp³-hybridized carbons (Fsp3) is 0.353. The van der Waals surface area contributed by atoms with Crippen molar-refractivity contribution in [2.75, 3.05) is 32.7 Å². The summed E-state index contributed by atoms with van der Waals surface area (Å²) < 4.78 is 32.0. The van der Waals surface area contributed by atoms with Gasteiger partial charge in [0, 0.05) is 26.2 Å². The Kier molecular flexibility index (Phi) is 5.98. The third-order valence-electron chi connectivity index (χ3n) is 4.19. The number of nitrogens with one attached hydrogen (secondary N) is 1. The van der Waals surface area contributed by atoms with Crippen LogP contribution < -0.4 is 5.32 Å². The van der Waals surface area contributed by atoms with Crippen molar-refractivity contribution in [3.8, 4) is 0 Å². The van der Waals surface area contributed by atoms with Gasteiger partial charge in [0.1, 0.15) is 10.7 Å². The zero-order chi connectivity index (χ0) is 18.6. The standard InChI is InChI=1S/C17H20ClN3O4S/c18-15-5-1-2-6-16(15)26(23,24)21-9-7-20(8-10-21)13-17(22)19-12-14-4-3-11-25-14/h1-6,11H,7-10,12-13H2,(H,19,22). The molecule has 1 amide bonds. The van der Waals surface area contributed by atoms with Crippen molar-refractivity contribution in [3.05, 3.63) is 53.4 Å². The molecule has 0 saturated carbocycles. The Morgan fingerprint density at radius 1 is 1.12 bits per heavy atom. The van der Waals surface area contributed by atoms with Crippen LogP contribution in [0.5, 0.6) is 0 Å². The SMILES string of the molecule is O=C(CN1CCN(S(=O)(=O)c2ccccc2Cl)CC1)NCc1ccco1. The molecule has 1 fully saturated rings. The molecule has 0 radical (unpaired) electrons. The van der Waals surface area contributed by atoms with Gasteiger partial charge in [-0.25, -0.2) is 8.42 Å². The van der Waals surface area contributed by atoms with E-state index in [0.29, 0.717) is 38.5 Å². The molecule has 0 unspecified atom stereocenters. The molecule has 1 N–H and O–H groups in total. The molecule has 0 atom stereocenters. The zero-order valence-electron chi connectivity index (χ0n) is 14.1. The van der Waals surface area contributed by atoms with E-state index in [1.165, 1.54) is 10.4 Å². The topological polar surface area (TPSA) is 82.9 Å². The lowest BCUT2D eigenvalue weighted by Crippen LogP contribution is -2.51. The van der Waals surface area contributed by atoms with Crippen molar-refractivity contribution in [3.63, 3.8) is 0 Å². The highest BCUT2D eigenvalue weighted by atomic mass is 35.5. The average Bonchev–Trinajstić information content (AvgIpc) is 3.14. The quantitative estimate of drug-likeness (QED) is 0.799. The second-order valence-corrected chi connectivity index (χ2v) is 8.28. The first-order valence-electron chi connectivity index (χ1n) is 8.23. The van der Waals surface area contributed by atoms with Gasteiger partial charge in [-0.3, -0.25) is 9.69 Å². The summed E-state index contributed by atoms with van der Waals surface area (Å²) in [4.78, 5) is 14.1. The maximum Gasteiger partial charge on any atom is 0.244 e. The molecule has 1 aromatic heterocycles. The van der Waals surface area contributed by atoms with Crippen LogP contribution in [0.1, 0.15) is 5.76 Å². The van der Waals surface area contributed by atoms with E-state index < -0.39 is 10.0 Å². The third kappa shape index (κ3) is 4.45. The first-order chi connectivity index (χ1) is 12.5. The van der Waals surface area contributed by atoms with E-state index >= 15 is 0 Å². The smallest absolute Gasteiger partial charge is 0.244 e. The van der Waals surface area contributed by atoms with Crippen LogP contribution in [0.2, 0.25) is 5.02 Å². The predicted octanol–water partition coefficient (Wildman–Crippen LogP) is 1.56. The fourth-order valence-electron chi connectivity index (χ4n) is 2.78. The molecule has 1 saturated heterocycles. The van der Waals surface area contributed by atoms with E-state index in [9.17, 15) is 13.2 Å². The van der Waals surface area contributed by atoms with Gasteiger partial charge in [0.15, 0.2) is 0 Å². The number of carbonyl (C=O) groups excluding carboxylic acids is 1. The van der Waals surface area contributed by atoms with Gasteiger partial charge in [-0.05, 0) is 24.3 Å². The predicted molar refractivity (Wildman–Crippen MR) is 97.2 cm³/mol. The Hall–Kier alpha value is -1.87. The number of amides is 1. The molecule has 7 nitrogen and oxygen atoms in total. The number of hydrogen-bond acceptors (Lipinski definition) is 5. The van der Waals surface area contributed by atoms with E-state index in [4.69, 9.17) is 16.0 Å². The minimum absolute atomic E-state index is 0.117. The molecule has 3 rings (SSSR count). The summed E-state index contributed by atoms with van der Waals surface area (Å²) in [5.41, 5.74) is 0. The maximum absolute atomic E-state index is 12.7. The highest BCUT2D eigenvalue weighted by Crippen LogP contribution is 2.24. The van der Waals surface area contributed by atoms with Crippen molar-refractivity contribution in [1.82, 2.24) is 14.5 Å². The van der Waals surface area contributed by atoms with Crippen molar-refractivity contribution >= 4 is 27.5 Å². The second kappa shape index (κ2) is 8.22. The molecule has 9 heteroatoms. The van der Waals surface area contributed by atoms with E-state index in [-0.39, 0.29) is 22.4 Å². The highest BCUT2D eigenvalue weighted by Gasteiger charge is 2.30. The van der Waals surface area contributed by atoms with Gasteiger partial charge in [0.25, 0.3) is 0 Å². The summed E-state index contributed by atoms with van der Waals surface area (Å²) in [5, 5.41) is 3.00. The normalized spacial score (nSPS) is 16.5. The van der Waals surface area contributed by atoms with Crippen LogP contribution in [0.4, 0.5) is 0 Å². The van der Waals surface area contributed by atoms with E-state index in [0.717, 1.165) is 0 Å². The molecule has 0 aliphatic carbocycles. The van der Waals surface area contributed by atoms with Gasteiger partial charge in [0.2, 0.25) is 15.9 Å². The molecule has 0 bridgehead atoms. The van der Waals surface area contributed by atoms with Gasteiger partial charge in [-0.2, -0.15) is 4.31 Å². The molecular weight excluding hydrogens is 378 g/mol. The van der Waals surface area contributed by atoms with E-state index in [1.807, 2.05) is 4.90 Å². The molecule has 2 aromatic rings. The van der Waals surface area contributed by atoms with Crippen molar-refractivity contribution < 1.29 is 17.6 Å². The van der Waals surface area contributed by atoms with Gasteiger partial charge in [-0.1, -0.05) is 23.7 Å². The summed E-state index contributed by atoms with van der Waals surface area (Å²) in [6.07, 6.45) is 1.56. The van der Waals surface area contributed by atoms with Gasteiger partial charge >= 0.3 is 0 Å². The Bertz CT molecular complexity index is 847. The minimum atomic E-state index is -3.62. The van der Waals surface area contributed by atoms with Crippen molar-refractivity contribution in [1.29, 1.82) is 0 Å². The van der Waals surface area contributed by atoms with Crippen LogP contribution in [0.3, 0.4) is 0 Å². The Morgan fingerprint density at radius 3 is 2.50 bits per heavy atom. The van der Waals surface area contributed by atoms with Gasteiger partial charge in [-0.15, -0.1) is 0 Å². The van der Waals surface area contributed by atoms with Gasteiger partial charge < -0.3 is 9.73 Å². The summed E-state index contributed by atoms with van der Waals surface area (Å²) in [6, 6.07) is 9.97. The minimum Gasteiger partial charge on any atom is -0.467 e. The maximum atomic E-state index is 12.7. The van der Waals surface area contributed by atoms with Gasteiger partial charge in [0.05, 0.1) is 24.4 Å². The molecule has 26 heavy (non-hydrogen) atoms. The first kappa shape index (κ1) is 18.9. The number of nitrogens with zero attached hydrogens (tertiary/aromatic N) is 2. The number of sulfonamides is 1. The fourth-order valence-corrected chi connectivity index (χ4v) is 4.69. The highest BCUT2D eigenvalue weighted by molar-refractivity contribution is 7.89. The summed E-state index contributed by atoms with van der Waals surface area (Å²) in [6.45, 7) is 2.17.